The summed E-state index contributed by atoms with van der Waals surface area (Å²) in [6.07, 6.45) is -0.134. The topological polar surface area (TPSA) is 92.7 Å². The van der Waals surface area contributed by atoms with Crippen LogP contribution in [0.2, 0.25) is 0 Å². The van der Waals surface area contributed by atoms with Crippen molar-refractivity contribution in [1.82, 2.24) is 0 Å². The molecule has 2 bridgehead atoms. The normalized spacial score (nSPS) is 25.3. The molecular weight excluding hydrogens is 398 g/mol. The number of nitrogens with one attached hydrogen (secondary N) is 1. The first kappa shape index (κ1) is 20.8. The van der Waals surface area contributed by atoms with Gasteiger partial charge in [-0.2, -0.15) is 8.78 Å². The van der Waals surface area contributed by atoms with Crippen LogP contribution in [-0.4, -0.2) is 41.9 Å². The molecule has 4 atom stereocenters. The van der Waals surface area contributed by atoms with Gasteiger partial charge < -0.3 is 15.2 Å². The Bertz CT molecular complexity index is 857. The van der Waals surface area contributed by atoms with Crippen LogP contribution in [0.25, 0.3) is 0 Å². The number of amides is 1. The van der Waals surface area contributed by atoms with Crippen molar-refractivity contribution in [2.45, 2.75) is 18.8 Å². The van der Waals surface area contributed by atoms with Gasteiger partial charge in [0.15, 0.2) is 6.61 Å². The number of benzene rings is 1. The van der Waals surface area contributed by atoms with Gasteiger partial charge in [0.25, 0.3) is 0 Å². The van der Waals surface area contributed by atoms with E-state index in [9.17, 15) is 31.9 Å². The van der Waals surface area contributed by atoms with E-state index in [1.54, 1.807) is 12.2 Å². The van der Waals surface area contributed by atoms with Gasteiger partial charge in [-0.15, -0.1) is 0 Å². The fraction of sp³-hybridized carbons (Fsp3) is 0.421. The number of carboxylic acids is 1. The largest absolute Gasteiger partial charge is 0.478 e. The van der Waals surface area contributed by atoms with E-state index in [4.69, 9.17) is 5.11 Å². The summed E-state index contributed by atoms with van der Waals surface area (Å²) in [5.41, 5.74) is 0.138. The van der Waals surface area contributed by atoms with Crippen molar-refractivity contribution in [2.24, 2.45) is 23.7 Å². The highest BCUT2D eigenvalue weighted by molar-refractivity contribution is 5.98. The quantitative estimate of drug-likeness (QED) is 0.405. The molecule has 1 aromatic carbocycles. The van der Waals surface area contributed by atoms with E-state index in [1.807, 2.05) is 0 Å². The third-order valence-corrected chi connectivity index (χ3v) is 5.14. The number of aromatic carboxylic acids is 1. The second-order valence-corrected chi connectivity index (χ2v) is 7.04. The second-order valence-electron chi connectivity index (χ2n) is 7.04. The van der Waals surface area contributed by atoms with Crippen molar-refractivity contribution in [2.75, 3.05) is 11.9 Å². The van der Waals surface area contributed by atoms with E-state index in [1.165, 1.54) is 24.3 Å². The lowest BCUT2D eigenvalue weighted by atomic mass is 9.82. The van der Waals surface area contributed by atoms with E-state index in [-0.39, 0.29) is 17.2 Å². The molecule has 2 aliphatic carbocycles. The van der Waals surface area contributed by atoms with Crippen LogP contribution < -0.4 is 5.32 Å². The van der Waals surface area contributed by atoms with E-state index in [2.05, 4.69) is 10.1 Å². The highest BCUT2D eigenvalue weighted by Crippen LogP contribution is 2.49. The van der Waals surface area contributed by atoms with Crippen molar-refractivity contribution in [1.29, 1.82) is 0 Å². The Balaban J connectivity index is 1.72. The molecule has 156 valence electrons. The maximum atomic E-state index is 13.1. The first-order chi connectivity index (χ1) is 13.6. The van der Waals surface area contributed by atoms with Crippen molar-refractivity contribution < 1.29 is 41.8 Å². The Morgan fingerprint density at radius 1 is 1.17 bits per heavy atom. The molecule has 1 saturated carbocycles. The molecule has 6 nitrogen and oxygen atoms in total. The zero-order chi connectivity index (χ0) is 21.3. The van der Waals surface area contributed by atoms with Crippen molar-refractivity contribution in [3.63, 3.8) is 0 Å². The molecule has 0 saturated heterocycles. The molecule has 10 heteroatoms. The molecule has 0 spiro atoms. The summed E-state index contributed by atoms with van der Waals surface area (Å²) in [7, 11) is 0. The maximum absolute atomic E-state index is 13.1. The molecule has 3 rings (SSSR count). The number of hydrogen-bond acceptors (Lipinski definition) is 4. The van der Waals surface area contributed by atoms with Gasteiger partial charge in [-0.1, -0.05) is 18.2 Å². The van der Waals surface area contributed by atoms with E-state index in [0.717, 1.165) is 0 Å². The third-order valence-electron chi connectivity index (χ3n) is 5.14. The first-order valence-electron chi connectivity index (χ1n) is 8.75. The number of anilines is 1. The number of ether oxygens (including phenoxy) is 1. The number of allylic oxidation sites excluding steroid dienone is 2. The second kappa shape index (κ2) is 7.84. The molecule has 0 heterocycles. The molecule has 0 aliphatic heterocycles. The van der Waals surface area contributed by atoms with Gasteiger partial charge in [-0.3, -0.25) is 9.59 Å². The fourth-order valence-electron chi connectivity index (χ4n) is 3.78. The first-order valence-corrected chi connectivity index (χ1v) is 8.75. The lowest BCUT2D eigenvalue weighted by molar-refractivity contribution is -0.184. The predicted molar refractivity (Wildman–Crippen MR) is 91.7 cm³/mol. The van der Waals surface area contributed by atoms with Crippen LogP contribution in [0.1, 0.15) is 16.8 Å². The predicted octanol–water partition coefficient (Wildman–Crippen LogP) is 3.21. The molecule has 0 radical (unpaired) electrons. The summed E-state index contributed by atoms with van der Waals surface area (Å²) in [6, 6.07) is 5.46. The molecule has 2 aliphatic rings. The summed E-state index contributed by atoms with van der Waals surface area (Å²) in [6.45, 7) is -1.77. The molecule has 29 heavy (non-hydrogen) atoms. The van der Waals surface area contributed by atoms with Crippen molar-refractivity contribution in [3.8, 4) is 0 Å². The summed E-state index contributed by atoms with van der Waals surface area (Å²) in [5, 5.41) is 11.5. The number of halogens is 4. The minimum absolute atomic E-state index is 0.0548. The van der Waals surface area contributed by atoms with Crippen LogP contribution in [-0.2, 0) is 14.3 Å². The number of esters is 1. The molecule has 1 amide bonds. The van der Waals surface area contributed by atoms with E-state index >= 15 is 0 Å². The summed E-state index contributed by atoms with van der Waals surface area (Å²) >= 11 is 0. The number of hydrogen-bond donors (Lipinski definition) is 2. The summed E-state index contributed by atoms with van der Waals surface area (Å²) < 4.78 is 55.1. The SMILES string of the molecule is O=C(O)c1cccc(NC(=O)[C@@H]2[C@@H](C(=O)OCC(F)(F)C(F)F)[C@H]3C=C[C@@H]2C3)c1. The number of alkyl halides is 4. The molecule has 2 N–H and O–H groups in total. The molecule has 1 aromatic rings. The Kier molecular flexibility index (Phi) is 5.63. The van der Waals surface area contributed by atoms with Gasteiger partial charge in [0.05, 0.1) is 17.4 Å². The fourth-order valence-corrected chi connectivity index (χ4v) is 3.78. The zero-order valence-corrected chi connectivity index (χ0v) is 14.9. The minimum Gasteiger partial charge on any atom is -0.478 e. The minimum atomic E-state index is -4.47. The highest BCUT2D eigenvalue weighted by atomic mass is 19.3. The average Bonchev–Trinajstić information content (AvgIpc) is 3.27. The van der Waals surface area contributed by atoms with Gasteiger partial charge >= 0.3 is 24.3 Å². The van der Waals surface area contributed by atoms with Crippen molar-refractivity contribution >= 4 is 23.5 Å². The Morgan fingerprint density at radius 3 is 2.45 bits per heavy atom. The van der Waals surface area contributed by atoms with Gasteiger partial charge in [0.2, 0.25) is 5.91 Å². The van der Waals surface area contributed by atoms with Gasteiger partial charge in [0, 0.05) is 5.69 Å². The monoisotopic (exact) mass is 415 g/mol. The van der Waals surface area contributed by atoms with Gasteiger partial charge in [-0.25, -0.2) is 13.6 Å². The van der Waals surface area contributed by atoms with Crippen LogP contribution in [0.5, 0.6) is 0 Å². The number of carbonyl (C=O) groups is 3. The van der Waals surface area contributed by atoms with Crippen LogP contribution in [0.3, 0.4) is 0 Å². The lowest BCUT2D eigenvalue weighted by Gasteiger charge is -2.26. The summed E-state index contributed by atoms with van der Waals surface area (Å²) in [5.74, 6) is -10.2. The number of fused-ring (bicyclic) bond motifs is 2. The molecule has 1 fully saturated rings. The maximum Gasteiger partial charge on any atom is 0.340 e. The van der Waals surface area contributed by atoms with Crippen LogP contribution in [0.4, 0.5) is 23.2 Å². The molecule has 0 aromatic heterocycles. The van der Waals surface area contributed by atoms with Gasteiger partial charge in [0.1, 0.15) is 0 Å². The molecule has 0 unspecified atom stereocenters. The number of carbonyl (C=O) groups excluding carboxylic acids is 2. The number of rotatable bonds is 7. The number of carboxylic acid groups (broad SMARTS) is 1. The van der Waals surface area contributed by atoms with Crippen LogP contribution in [0, 0.1) is 23.7 Å². The average molecular weight is 415 g/mol. The standard InChI is InChI=1S/C19H17F4NO5/c20-18(21)19(22,23)8-29-17(28)14-10-5-4-9(6-10)13(14)15(25)24-12-3-1-2-11(7-12)16(26)27/h1-5,7,9-10,13-14,18H,6,8H2,(H,24,25)(H,26,27)/t9-,10+,13+,14+/m1/s1. The summed E-state index contributed by atoms with van der Waals surface area (Å²) in [4.78, 5) is 36.1. The van der Waals surface area contributed by atoms with E-state index < -0.39 is 54.6 Å². The van der Waals surface area contributed by atoms with Crippen LogP contribution in [0.15, 0.2) is 36.4 Å². The van der Waals surface area contributed by atoms with E-state index in [0.29, 0.717) is 6.42 Å². The van der Waals surface area contributed by atoms with Crippen LogP contribution >= 0.6 is 0 Å². The van der Waals surface area contributed by atoms with Crippen molar-refractivity contribution in [3.05, 3.63) is 42.0 Å². The third kappa shape index (κ3) is 4.25. The Morgan fingerprint density at radius 2 is 1.83 bits per heavy atom. The zero-order valence-electron chi connectivity index (χ0n) is 14.9. The smallest absolute Gasteiger partial charge is 0.340 e. The Labute approximate surface area is 162 Å². The van der Waals surface area contributed by atoms with Gasteiger partial charge in [-0.05, 0) is 36.5 Å². The Hall–Kier alpha value is -2.91. The lowest BCUT2D eigenvalue weighted by Crippen LogP contribution is -2.40. The highest BCUT2D eigenvalue weighted by Gasteiger charge is 2.53. The molecular formula is C19H17F4NO5.